The molecule has 0 spiro atoms. The zero-order chi connectivity index (χ0) is 12.9. The van der Waals surface area contributed by atoms with Crippen molar-refractivity contribution in [1.82, 2.24) is 5.32 Å². The molecule has 0 aromatic heterocycles. The number of carbonyl (C=O) groups is 1. The van der Waals surface area contributed by atoms with E-state index >= 15 is 0 Å². The zero-order valence-corrected chi connectivity index (χ0v) is 10.6. The lowest BCUT2D eigenvalue weighted by molar-refractivity contribution is -0.122. The van der Waals surface area contributed by atoms with E-state index in [1.807, 2.05) is 38.1 Å². The second kappa shape index (κ2) is 5.68. The Morgan fingerprint density at radius 3 is 2.65 bits per heavy atom. The Hall–Kier alpha value is -1.55. The second-order valence-corrected chi connectivity index (χ2v) is 4.41. The van der Waals surface area contributed by atoms with Gasteiger partial charge < -0.3 is 15.8 Å². The van der Waals surface area contributed by atoms with E-state index in [4.69, 9.17) is 10.5 Å². The SMILES string of the molecule is COc1ccccc1C(C)(C)NC(=O)CCN. The predicted octanol–water partition coefficient (Wildman–Crippen LogP) is 1.40. The molecular formula is C13H20N2O2. The Morgan fingerprint density at radius 1 is 1.41 bits per heavy atom. The minimum atomic E-state index is -0.473. The molecule has 1 rings (SSSR count). The van der Waals surface area contributed by atoms with Crippen molar-refractivity contribution < 1.29 is 9.53 Å². The predicted molar refractivity (Wildman–Crippen MR) is 67.8 cm³/mol. The van der Waals surface area contributed by atoms with Crippen molar-refractivity contribution in [2.45, 2.75) is 25.8 Å². The van der Waals surface area contributed by atoms with Gasteiger partial charge in [0.15, 0.2) is 0 Å². The van der Waals surface area contributed by atoms with Gasteiger partial charge in [-0.15, -0.1) is 0 Å². The van der Waals surface area contributed by atoms with Crippen molar-refractivity contribution >= 4 is 5.91 Å². The zero-order valence-electron chi connectivity index (χ0n) is 10.6. The molecule has 0 aliphatic carbocycles. The number of amides is 1. The summed E-state index contributed by atoms with van der Waals surface area (Å²) in [7, 11) is 1.62. The molecule has 94 valence electrons. The van der Waals surface area contributed by atoms with Gasteiger partial charge in [0, 0.05) is 18.5 Å². The highest BCUT2D eigenvalue weighted by atomic mass is 16.5. The fourth-order valence-electron chi connectivity index (χ4n) is 1.77. The summed E-state index contributed by atoms with van der Waals surface area (Å²) < 4.78 is 5.30. The number of hydrogen-bond donors (Lipinski definition) is 2. The lowest BCUT2D eigenvalue weighted by Gasteiger charge is -2.28. The Balaban J connectivity index is 2.92. The van der Waals surface area contributed by atoms with Crippen molar-refractivity contribution in [2.75, 3.05) is 13.7 Å². The van der Waals surface area contributed by atoms with Crippen LogP contribution in [0.2, 0.25) is 0 Å². The van der Waals surface area contributed by atoms with Gasteiger partial charge in [-0.25, -0.2) is 0 Å². The number of carbonyl (C=O) groups excluding carboxylic acids is 1. The molecule has 0 unspecified atom stereocenters. The van der Waals surface area contributed by atoms with E-state index in [-0.39, 0.29) is 5.91 Å². The molecule has 17 heavy (non-hydrogen) atoms. The molecule has 1 aromatic rings. The van der Waals surface area contributed by atoms with Gasteiger partial charge in [-0.3, -0.25) is 4.79 Å². The van der Waals surface area contributed by atoms with Gasteiger partial charge >= 0.3 is 0 Å². The number of ether oxygens (including phenoxy) is 1. The van der Waals surface area contributed by atoms with Gasteiger partial charge in [0.1, 0.15) is 5.75 Å². The smallest absolute Gasteiger partial charge is 0.221 e. The van der Waals surface area contributed by atoms with Crippen LogP contribution in [-0.4, -0.2) is 19.6 Å². The third-order valence-corrected chi connectivity index (χ3v) is 2.60. The van der Waals surface area contributed by atoms with Crippen LogP contribution in [0.15, 0.2) is 24.3 Å². The molecule has 1 aromatic carbocycles. The van der Waals surface area contributed by atoms with Crippen molar-refractivity contribution in [3.63, 3.8) is 0 Å². The van der Waals surface area contributed by atoms with E-state index in [2.05, 4.69) is 5.32 Å². The van der Waals surface area contributed by atoms with E-state index in [0.29, 0.717) is 13.0 Å². The molecule has 0 heterocycles. The normalized spacial score (nSPS) is 11.1. The van der Waals surface area contributed by atoms with Crippen molar-refractivity contribution in [2.24, 2.45) is 5.73 Å². The first-order valence-electron chi connectivity index (χ1n) is 5.66. The van der Waals surface area contributed by atoms with Crippen LogP contribution in [0, 0.1) is 0 Å². The topological polar surface area (TPSA) is 64.3 Å². The van der Waals surface area contributed by atoms with Gasteiger partial charge in [-0.2, -0.15) is 0 Å². The first-order valence-corrected chi connectivity index (χ1v) is 5.66. The van der Waals surface area contributed by atoms with Crippen molar-refractivity contribution in [3.8, 4) is 5.75 Å². The number of hydrogen-bond acceptors (Lipinski definition) is 3. The Kier molecular flexibility index (Phi) is 4.52. The molecule has 0 aliphatic rings. The molecule has 1 amide bonds. The lowest BCUT2D eigenvalue weighted by atomic mass is 9.93. The third-order valence-electron chi connectivity index (χ3n) is 2.60. The summed E-state index contributed by atoms with van der Waals surface area (Å²) in [5, 5.41) is 2.95. The summed E-state index contributed by atoms with van der Waals surface area (Å²) in [5.41, 5.74) is 5.84. The lowest BCUT2D eigenvalue weighted by Crippen LogP contribution is -2.41. The van der Waals surface area contributed by atoms with Crippen LogP contribution in [0.1, 0.15) is 25.8 Å². The summed E-state index contributed by atoms with van der Waals surface area (Å²) in [4.78, 5) is 11.6. The molecule has 4 nitrogen and oxygen atoms in total. The first kappa shape index (κ1) is 13.5. The Labute approximate surface area is 102 Å². The van der Waals surface area contributed by atoms with Crippen LogP contribution in [0.3, 0.4) is 0 Å². The summed E-state index contributed by atoms with van der Waals surface area (Å²) in [6, 6.07) is 7.66. The summed E-state index contributed by atoms with van der Waals surface area (Å²) in [6.45, 7) is 4.24. The molecule has 0 saturated heterocycles. The molecule has 0 atom stereocenters. The summed E-state index contributed by atoms with van der Waals surface area (Å²) >= 11 is 0. The number of rotatable bonds is 5. The van der Waals surface area contributed by atoms with Gasteiger partial charge in [-0.05, 0) is 19.9 Å². The van der Waals surface area contributed by atoms with Crippen LogP contribution in [-0.2, 0) is 10.3 Å². The van der Waals surface area contributed by atoms with Crippen LogP contribution in [0.25, 0.3) is 0 Å². The Morgan fingerprint density at radius 2 is 2.06 bits per heavy atom. The highest BCUT2D eigenvalue weighted by Gasteiger charge is 2.25. The highest BCUT2D eigenvalue weighted by molar-refractivity contribution is 5.77. The molecule has 4 heteroatoms. The maximum atomic E-state index is 11.6. The maximum Gasteiger partial charge on any atom is 0.221 e. The van der Waals surface area contributed by atoms with Crippen LogP contribution < -0.4 is 15.8 Å². The average Bonchev–Trinajstić information content (AvgIpc) is 2.28. The molecule has 0 bridgehead atoms. The standard InChI is InChI=1S/C13H20N2O2/c1-13(2,15-12(16)8-9-14)10-6-4-5-7-11(10)17-3/h4-7H,8-9,14H2,1-3H3,(H,15,16). The van der Waals surface area contributed by atoms with E-state index in [1.165, 1.54) is 0 Å². The molecular weight excluding hydrogens is 216 g/mol. The third kappa shape index (κ3) is 3.46. The van der Waals surface area contributed by atoms with Crippen molar-refractivity contribution in [1.29, 1.82) is 0 Å². The minimum Gasteiger partial charge on any atom is -0.496 e. The van der Waals surface area contributed by atoms with Crippen molar-refractivity contribution in [3.05, 3.63) is 29.8 Å². The van der Waals surface area contributed by atoms with Crippen LogP contribution >= 0.6 is 0 Å². The number of nitrogens with two attached hydrogens (primary N) is 1. The fraction of sp³-hybridized carbons (Fsp3) is 0.462. The van der Waals surface area contributed by atoms with Gasteiger partial charge in [0.2, 0.25) is 5.91 Å². The molecule has 0 saturated carbocycles. The average molecular weight is 236 g/mol. The summed E-state index contributed by atoms with van der Waals surface area (Å²) in [6.07, 6.45) is 0.332. The number of benzene rings is 1. The van der Waals surface area contributed by atoms with Crippen LogP contribution in [0.5, 0.6) is 5.75 Å². The Bertz CT molecular complexity index is 389. The molecule has 0 aliphatic heterocycles. The monoisotopic (exact) mass is 236 g/mol. The maximum absolute atomic E-state index is 11.6. The van der Waals surface area contributed by atoms with Gasteiger partial charge in [-0.1, -0.05) is 18.2 Å². The molecule has 0 fully saturated rings. The summed E-state index contributed by atoms with van der Waals surface area (Å²) in [5.74, 6) is 0.717. The minimum absolute atomic E-state index is 0.0524. The van der Waals surface area contributed by atoms with E-state index in [9.17, 15) is 4.79 Å². The largest absolute Gasteiger partial charge is 0.496 e. The highest BCUT2D eigenvalue weighted by Crippen LogP contribution is 2.29. The van der Waals surface area contributed by atoms with E-state index in [0.717, 1.165) is 11.3 Å². The number of nitrogens with one attached hydrogen (secondary N) is 1. The molecule has 0 radical (unpaired) electrons. The van der Waals surface area contributed by atoms with E-state index < -0.39 is 5.54 Å². The molecule has 3 N–H and O–H groups in total. The first-order chi connectivity index (χ1) is 8.01. The fourth-order valence-corrected chi connectivity index (χ4v) is 1.77. The quantitative estimate of drug-likeness (QED) is 0.812. The van der Waals surface area contributed by atoms with Gasteiger partial charge in [0.25, 0.3) is 0 Å². The number of methoxy groups -OCH3 is 1. The van der Waals surface area contributed by atoms with Gasteiger partial charge in [0.05, 0.1) is 12.6 Å². The second-order valence-electron chi connectivity index (χ2n) is 4.41. The van der Waals surface area contributed by atoms with E-state index in [1.54, 1.807) is 7.11 Å². The number of para-hydroxylation sites is 1. The van der Waals surface area contributed by atoms with Crippen LogP contribution in [0.4, 0.5) is 0 Å².